The fourth-order valence-corrected chi connectivity index (χ4v) is 5.25. The summed E-state index contributed by atoms with van der Waals surface area (Å²) in [5.74, 6) is -0.0335. The molecular weight excluding hydrogens is 364 g/mol. The molecule has 0 fully saturated rings. The first kappa shape index (κ1) is 17.7. The molecular formula is C19H20N4O3S. The zero-order valence-corrected chi connectivity index (χ0v) is 15.9. The minimum absolute atomic E-state index is 0.229. The van der Waals surface area contributed by atoms with E-state index in [0.29, 0.717) is 30.1 Å². The minimum atomic E-state index is -3.78. The number of sulfonamides is 1. The van der Waals surface area contributed by atoms with Crippen LogP contribution in [0.2, 0.25) is 0 Å². The number of amidine groups is 1. The van der Waals surface area contributed by atoms with Crippen LogP contribution in [0.25, 0.3) is 0 Å². The van der Waals surface area contributed by atoms with E-state index < -0.39 is 16.3 Å². The molecule has 2 aliphatic heterocycles. The average Bonchev–Trinajstić information content (AvgIpc) is 3.19. The Kier molecular flexibility index (Phi) is 4.24. The third-order valence-corrected chi connectivity index (χ3v) is 6.66. The van der Waals surface area contributed by atoms with Crippen molar-refractivity contribution >= 4 is 21.8 Å². The van der Waals surface area contributed by atoms with Crippen molar-refractivity contribution in [3.63, 3.8) is 0 Å². The van der Waals surface area contributed by atoms with Crippen LogP contribution >= 0.6 is 0 Å². The van der Waals surface area contributed by atoms with E-state index in [2.05, 4.69) is 5.10 Å². The highest BCUT2D eigenvalue weighted by molar-refractivity contribution is 7.90. The molecule has 0 aliphatic carbocycles. The summed E-state index contributed by atoms with van der Waals surface area (Å²) in [5, 5.41) is 5.75. The zero-order chi connectivity index (χ0) is 19.2. The van der Waals surface area contributed by atoms with Gasteiger partial charge in [0, 0.05) is 11.1 Å². The second-order valence-corrected chi connectivity index (χ2v) is 8.09. The molecule has 2 aromatic carbocycles. The van der Waals surface area contributed by atoms with Crippen LogP contribution in [0.5, 0.6) is 0 Å². The molecule has 27 heavy (non-hydrogen) atoms. The zero-order valence-electron chi connectivity index (χ0n) is 15.1. The summed E-state index contributed by atoms with van der Waals surface area (Å²) in [6.07, 6.45) is -0.819. The van der Waals surface area contributed by atoms with Crippen LogP contribution in [-0.4, -0.2) is 53.8 Å². The Morgan fingerprint density at radius 2 is 1.67 bits per heavy atom. The van der Waals surface area contributed by atoms with Gasteiger partial charge in [-0.2, -0.15) is 5.01 Å². The van der Waals surface area contributed by atoms with E-state index in [0.717, 1.165) is 0 Å². The van der Waals surface area contributed by atoms with E-state index in [1.165, 1.54) is 9.31 Å². The van der Waals surface area contributed by atoms with Gasteiger partial charge in [-0.1, -0.05) is 44.2 Å². The minimum Gasteiger partial charge on any atom is -0.267 e. The quantitative estimate of drug-likeness (QED) is 0.810. The number of carbonyl (C=O) groups is 1. The second-order valence-electron chi connectivity index (χ2n) is 6.30. The summed E-state index contributed by atoms with van der Waals surface area (Å²) in [6.45, 7) is 5.01. The number of hydrazone groups is 1. The van der Waals surface area contributed by atoms with Crippen LogP contribution in [0.3, 0.4) is 0 Å². The van der Waals surface area contributed by atoms with Gasteiger partial charge in [0.05, 0.1) is 4.90 Å². The Morgan fingerprint density at radius 3 is 2.33 bits per heavy atom. The lowest BCUT2D eigenvalue weighted by atomic mass is 10.2. The number of nitrogens with zero attached hydrogens (tertiary/aromatic N) is 4. The lowest BCUT2D eigenvalue weighted by Gasteiger charge is -2.35. The van der Waals surface area contributed by atoms with Crippen LogP contribution in [0.1, 0.15) is 29.8 Å². The largest absolute Gasteiger partial charge is 0.277 e. The smallest absolute Gasteiger partial charge is 0.267 e. The Labute approximate surface area is 158 Å². The molecule has 2 heterocycles. The summed E-state index contributed by atoms with van der Waals surface area (Å²) in [4.78, 5) is 15.3. The third-order valence-electron chi connectivity index (χ3n) is 4.87. The number of benzene rings is 2. The number of carbonyl (C=O) groups excluding carboxylic acids is 1. The Morgan fingerprint density at radius 1 is 1.04 bits per heavy atom. The molecule has 2 aromatic rings. The lowest BCUT2D eigenvalue weighted by Crippen LogP contribution is -2.55. The maximum absolute atomic E-state index is 13.2. The number of hydrogen-bond acceptors (Lipinski definition) is 5. The number of hydrogen-bond donors (Lipinski definition) is 0. The van der Waals surface area contributed by atoms with Crippen LogP contribution in [-0.2, 0) is 10.0 Å². The van der Waals surface area contributed by atoms with Crippen molar-refractivity contribution in [2.45, 2.75) is 25.0 Å². The van der Waals surface area contributed by atoms with Gasteiger partial charge in [-0.05, 0) is 37.4 Å². The molecule has 0 aromatic heterocycles. The standard InChI is InChI=1S/C19H20N4O3S/c1-3-21(4-2)19-22(18(24)14-10-6-5-7-11-14)20-17-15-12-8-9-13-16(15)27(25,26)23(17)19/h5-13,19H,3-4H2,1-2H3/t19-/m0/s1. The molecule has 0 unspecified atom stereocenters. The van der Waals surface area contributed by atoms with Gasteiger partial charge in [0.25, 0.3) is 15.9 Å². The molecule has 1 atom stereocenters. The Hall–Kier alpha value is -2.71. The van der Waals surface area contributed by atoms with Gasteiger partial charge in [-0.3, -0.25) is 9.69 Å². The van der Waals surface area contributed by atoms with Gasteiger partial charge >= 0.3 is 0 Å². The molecule has 2 aliphatic rings. The maximum Gasteiger partial charge on any atom is 0.277 e. The molecule has 8 heteroatoms. The fraction of sp³-hybridized carbons (Fsp3) is 0.263. The maximum atomic E-state index is 13.2. The fourth-order valence-electron chi connectivity index (χ4n) is 3.52. The van der Waals surface area contributed by atoms with Crippen molar-refractivity contribution in [2.24, 2.45) is 5.10 Å². The summed E-state index contributed by atoms with van der Waals surface area (Å²) >= 11 is 0. The first-order valence-electron chi connectivity index (χ1n) is 8.85. The van der Waals surface area contributed by atoms with E-state index >= 15 is 0 Å². The molecule has 140 valence electrons. The van der Waals surface area contributed by atoms with E-state index in [9.17, 15) is 13.2 Å². The highest BCUT2D eigenvalue weighted by Gasteiger charge is 2.52. The molecule has 4 rings (SSSR count). The van der Waals surface area contributed by atoms with E-state index in [4.69, 9.17) is 0 Å². The second kappa shape index (κ2) is 6.47. The summed E-state index contributed by atoms with van der Waals surface area (Å²) in [6, 6.07) is 15.5. The van der Waals surface area contributed by atoms with Crippen molar-refractivity contribution < 1.29 is 13.2 Å². The highest BCUT2D eigenvalue weighted by Crippen LogP contribution is 2.38. The predicted molar refractivity (Wildman–Crippen MR) is 101 cm³/mol. The number of amides is 1. The van der Waals surface area contributed by atoms with Gasteiger partial charge < -0.3 is 0 Å². The van der Waals surface area contributed by atoms with Crippen molar-refractivity contribution in [3.8, 4) is 0 Å². The van der Waals surface area contributed by atoms with E-state index in [-0.39, 0.29) is 10.8 Å². The average molecular weight is 384 g/mol. The van der Waals surface area contributed by atoms with Crippen LogP contribution in [0, 0.1) is 0 Å². The first-order chi connectivity index (χ1) is 13.0. The Balaban J connectivity index is 1.87. The van der Waals surface area contributed by atoms with Crippen LogP contribution < -0.4 is 0 Å². The SMILES string of the molecule is CCN(CC)[C@H]1N(C(=O)c2ccccc2)N=C2c3ccccc3S(=O)(=O)N21. The summed E-state index contributed by atoms with van der Waals surface area (Å²) < 4.78 is 27.7. The third kappa shape index (κ3) is 2.55. The molecule has 1 amide bonds. The van der Waals surface area contributed by atoms with Crippen LogP contribution in [0.15, 0.2) is 64.6 Å². The van der Waals surface area contributed by atoms with Crippen LogP contribution in [0.4, 0.5) is 0 Å². The van der Waals surface area contributed by atoms with Gasteiger partial charge in [0.2, 0.25) is 0 Å². The molecule has 0 N–H and O–H groups in total. The number of rotatable bonds is 4. The molecule has 0 bridgehead atoms. The normalized spacial score (nSPS) is 19.8. The lowest BCUT2D eigenvalue weighted by molar-refractivity contribution is 0.0184. The topological polar surface area (TPSA) is 73.3 Å². The molecule has 0 radical (unpaired) electrons. The molecule has 0 spiro atoms. The van der Waals surface area contributed by atoms with Crippen molar-refractivity contribution in [1.29, 1.82) is 0 Å². The van der Waals surface area contributed by atoms with E-state index in [1.54, 1.807) is 48.5 Å². The molecule has 7 nitrogen and oxygen atoms in total. The summed E-state index contributed by atoms with van der Waals surface area (Å²) in [7, 11) is -3.78. The van der Waals surface area contributed by atoms with Crippen molar-refractivity contribution in [1.82, 2.24) is 14.2 Å². The van der Waals surface area contributed by atoms with Gasteiger partial charge in [0.1, 0.15) is 0 Å². The highest BCUT2D eigenvalue weighted by atomic mass is 32.2. The first-order valence-corrected chi connectivity index (χ1v) is 10.3. The summed E-state index contributed by atoms with van der Waals surface area (Å²) in [5.41, 5.74) is 0.990. The van der Waals surface area contributed by atoms with Crippen molar-refractivity contribution in [2.75, 3.05) is 13.1 Å². The van der Waals surface area contributed by atoms with Gasteiger partial charge in [-0.15, -0.1) is 5.10 Å². The number of fused-ring (bicyclic) bond motifs is 3. The van der Waals surface area contributed by atoms with Crippen molar-refractivity contribution in [3.05, 3.63) is 65.7 Å². The Bertz CT molecular complexity index is 1020. The predicted octanol–water partition coefficient (Wildman–Crippen LogP) is 2.13. The van der Waals surface area contributed by atoms with Gasteiger partial charge in [-0.25, -0.2) is 12.7 Å². The monoisotopic (exact) mass is 384 g/mol. The van der Waals surface area contributed by atoms with E-state index in [1.807, 2.05) is 24.8 Å². The molecule has 0 saturated heterocycles. The van der Waals surface area contributed by atoms with Gasteiger partial charge in [0.15, 0.2) is 12.1 Å². The molecule has 0 saturated carbocycles.